The van der Waals surface area contributed by atoms with E-state index in [-0.39, 0.29) is 40.6 Å². The molecule has 2 heterocycles. The van der Waals surface area contributed by atoms with E-state index in [2.05, 4.69) is 25.6 Å². The van der Waals surface area contributed by atoms with Gasteiger partial charge in [0.2, 0.25) is 0 Å². The van der Waals surface area contributed by atoms with Gasteiger partial charge in [-0.25, -0.2) is 19.7 Å². The van der Waals surface area contributed by atoms with Crippen LogP contribution in [0.5, 0.6) is 0 Å². The fourth-order valence-electron chi connectivity index (χ4n) is 3.38. The molecule has 0 fully saturated rings. The summed E-state index contributed by atoms with van der Waals surface area (Å²) in [7, 11) is 0. The molecule has 0 spiro atoms. The van der Waals surface area contributed by atoms with Crippen molar-refractivity contribution in [2.24, 2.45) is 0 Å². The Bertz CT molecular complexity index is 1300. The molecule has 0 aliphatic heterocycles. The molecule has 0 saturated heterocycles. The van der Waals surface area contributed by atoms with Crippen molar-refractivity contribution >= 4 is 40.3 Å². The van der Waals surface area contributed by atoms with Crippen LogP contribution < -0.4 is 21.9 Å². The van der Waals surface area contributed by atoms with E-state index in [1.807, 2.05) is 0 Å². The Morgan fingerprint density at radius 3 is 2.63 bits per heavy atom. The van der Waals surface area contributed by atoms with Crippen LogP contribution in [0.2, 0.25) is 5.02 Å². The molecule has 0 saturated carbocycles. The molecule has 0 bridgehead atoms. The van der Waals surface area contributed by atoms with Crippen LogP contribution in [0.1, 0.15) is 56.5 Å². The van der Waals surface area contributed by atoms with Crippen molar-refractivity contribution in [1.82, 2.24) is 30.2 Å². The van der Waals surface area contributed by atoms with Crippen LogP contribution in [0.4, 0.5) is 10.6 Å². The number of hydrogen-bond acceptors (Lipinski definition) is 8. The van der Waals surface area contributed by atoms with Crippen LogP contribution >= 0.6 is 11.6 Å². The van der Waals surface area contributed by atoms with Crippen molar-refractivity contribution in [2.75, 3.05) is 12.3 Å². The van der Waals surface area contributed by atoms with Gasteiger partial charge >= 0.3 is 6.09 Å². The molecule has 3 rings (SSSR count). The van der Waals surface area contributed by atoms with E-state index < -0.39 is 23.6 Å². The molecule has 35 heavy (non-hydrogen) atoms. The zero-order valence-electron chi connectivity index (χ0n) is 20.0. The molecule has 12 heteroatoms. The third-order valence-corrected chi connectivity index (χ3v) is 5.18. The van der Waals surface area contributed by atoms with Gasteiger partial charge < -0.3 is 21.1 Å². The highest BCUT2D eigenvalue weighted by Gasteiger charge is 2.22. The monoisotopic (exact) mass is 501 g/mol. The lowest BCUT2D eigenvalue weighted by molar-refractivity contribution is 0.0526. The first-order valence-electron chi connectivity index (χ1n) is 11.0. The van der Waals surface area contributed by atoms with E-state index in [4.69, 9.17) is 22.1 Å². The molecule has 1 atom stereocenters. The number of anilines is 1. The summed E-state index contributed by atoms with van der Waals surface area (Å²) in [5, 5.41) is 5.98. The van der Waals surface area contributed by atoms with Gasteiger partial charge in [-0.05, 0) is 46.2 Å². The van der Waals surface area contributed by atoms with Crippen molar-refractivity contribution < 1.29 is 14.3 Å². The lowest BCUT2D eigenvalue weighted by Crippen LogP contribution is -2.36. The van der Waals surface area contributed by atoms with Crippen LogP contribution in [0.15, 0.2) is 35.4 Å². The Balaban J connectivity index is 1.86. The molecule has 2 aromatic heterocycles. The molecule has 186 valence electrons. The average Bonchev–Trinajstić information content (AvgIpc) is 2.76. The number of amides is 2. The van der Waals surface area contributed by atoms with E-state index in [1.54, 1.807) is 45.9 Å². The number of fused-ring (bicyclic) bond motifs is 1. The minimum absolute atomic E-state index is 0.0129. The summed E-state index contributed by atoms with van der Waals surface area (Å²) in [6.07, 6.45) is 2.60. The van der Waals surface area contributed by atoms with Crippen LogP contribution in [0.3, 0.4) is 0 Å². The predicted octanol–water partition coefficient (Wildman–Crippen LogP) is 2.83. The SMILES string of the molecule is C[C@H](NC(=O)c1nccnc1N)c1nc2cccc(Cl)c2c(=O)n1CCCNC(=O)OC(C)(C)C. The molecule has 1 aromatic carbocycles. The number of carbonyl (C=O) groups is 2. The maximum Gasteiger partial charge on any atom is 0.407 e. The highest BCUT2D eigenvalue weighted by Crippen LogP contribution is 2.21. The molecule has 3 aromatic rings. The maximum absolute atomic E-state index is 13.4. The second-order valence-electron chi connectivity index (χ2n) is 8.83. The van der Waals surface area contributed by atoms with Crippen LogP contribution in [0.25, 0.3) is 10.9 Å². The first-order chi connectivity index (χ1) is 16.5. The fraction of sp³-hybridized carbons (Fsp3) is 0.391. The van der Waals surface area contributed by atoms with Crippen molar-refractivity contribution in [2.45, 2.75) is 52.3 Å². The van der Waals surface area contributed by atoms with Gasteiger partial charge in [0.25, 0.3) is 11.5 Å². The number of nitrogens with one attached hydrogen (secondary N) is 2. The standard InChI is InChI=1S/C23H28ClN7O4/c1-13(29-20(32)17-18(25)27-11-10-26-17)19-30-15-8-5-7-14(24)16(15)21(33)31(19)12-6-9-28-22(34)35-23(2,3)4/h5,7-8,10-11,13H,6,9,12H2,1-4H3,(H2,25,27)(H,28,34)(H,29,32)/t13-/m0/s1. The lowest BCUT2D eigenvalue weighted by atomic mass is 10.2. The first-order valence-corrected chi connectivity index (χ1v) is 11.4. The molecule has 0 aliphatic carbocycles. The summed E-state index contributed by atoms with van der Waals surface area (Å²) in [4.78, 5) is 50.5. The van der Waals surface area contributed by atoms with Gasteiger partial charge in [-0.3, -0.25) is 14.2 Å². The fourth-order valence-corrected chi connectivity index (χ4v) is 3.63. The zero-order valence-corrected chi connectivity index (χ0v) is 20.7. The number of alkyl carbamates (subject to hydrolysis) is 1. The van der Waals surface area contributed by atoms with E-state index >= 15 is 0 Å². The number of nitrogen functional groups attached to an aromatic ring is 1. The van der Waals surface area contributed by atoms with Crippen LogP contribution in [-0.4, -0.2) is 43.7 Å². The Kier molecular flexibility index (Phi) is 7.90. The van der Waals surface area contributed by atoms with Crippen LogP contribution in [-0.2, 0) is 11.3 Å². The number of ether oxygens (including phenoxy) is 1. The van der Waals surface area contributed by atoms with Crippen LogP contribution in [0, 0.1) is 0 Å². The summed E-state index contributed by atoms with van der Waals surface area (Å²) in [6, 6.07) is 4.30. The number of carbonyl (C=O) groups excluding carboxylic acids is 2. The summed E-state index contributed by atoms with van der Waals surface area (Å²) < 4.78 is 6.67. The summed E-state index contributed by atoms with van der Waals surface area (Å²) in [5.41, 5.74) is 5.16. The molecular weight excluding hydrogens is 474 g/mol. The smallest absolute Gasteiger partial charge is 0.407 e. The zero-order chi connectivity index (χ0) is 25.8. The number of rotatable bonds is 7. The van der Waals surface area contributed by atoms with E-state index in [0.29, 0.717) is 17.8 Å². The summed E-state index contributed by atoms with van der Waals surface area (Å²) >= 11 is 6.29. The molecule has 11 nitrogen and oxygen atoms in total. The quantitative estimate of drug-likeness (QED) is 0.417. The van der Waals surface area contributed by atoms with Gasteiger partial charge in [0.1, 0.15) is 11.4 Å². The van der Waals surface area contributed by atoms with Gasteiger partial charge in [-0.15, -0.1) is 0 Å². The normalized spacial score (nSPS) is 12.3. The van der Waals surface area contributed by atoms with Gasteiger partial charge in [-0.1, -0.05) is 17.7 Å². The van der Waals surface area contributed by atoms with Gasteiger partial charge in [0.05, 0.1) is 22.0 Å². The second kappa shape index (κ2) is 10.7. The number of nitrogens with zero attached hydrogens (tertiary/aromatic N) is 4. The van der Waals surface area contributed by atoms with E-state index in [0.717, 1.165) is 0 Å². The summed E-state index contributed by atoms with van der Waals surface area (Å²) in [6.45, 7) is 7.48. The number of benzene rings is 1. The Morgan fingerprint density at radius 2 is 1.94 bits per heavy atom. The summed E-state index contributed by atoms with van der Waals surface area (Å²) in [5.74, 6) is -0.249. The van der Waals surface area contributed by atoms with Gasteiger partial charge in [0, 0.05) is 25.5 Å². The van der Waals surface area contributed by atoms with Gasteiger partial charge in [0.15, 0.2) is 11.5 Å². The number of halogens is 1. The van der Waals surface area contributed by atoms with Crippen molar-refractivity contribution in [3.8, 4) is 0 Å². The average molecular weight is 502 g/mol. The van der Waals surface area contributed by atoms with E-state index in [9.17, 15) is 14.4 Å². The van der Waals surface area contributed by atoms with Crippen molar-refractivity contribution in [3.63, 3.8) is 0 Å². The van der Waals surface area contributed by atoms with Crippen molar-refractivity contribution in [1.29, 1.82) is 0 Å². The number of aromatic nitrogens is 4. The Morgan fingerprint density at radius 1 is 1.23 bits per heavy atom. The topological polar surface area (TPSA) is 154 Å². The first kappa shape index (κ1) is 25.9. The maximum atomic E-state index is 13.4. The molecule has 0 unspecified atom stereocenters. The highest BCUT2D eigenvalue weighted by molar-refractivity contribution is 6.35. The Hall–Kier alpha value is -3.73. The van der Waals surface area contributed by atoms with Gasteiger partial charge in [-0.2, -0.15) is 0 Å². The number of hydrogen-bond donors (Lipinski definition) is 3. The third kappa shape index (κ3) is 6.44. The van der Waals surface area contributed by atoms with Crippen molar-refractivity contribution in [3.05, 3.63) is 57.5 Å². The lowest BCUT2D eigenvalue weighted by Gasteiger charge is -2.21. The largest absolute Gasteiger partial charge is 0.444 e. The minimum Gasteiger partial charge on any atom is -0.444 e. The molecule has 0 aliphatic rings. The molecule has 4 N–H and O–H groups in total. The minimum atomic E-state index is -0.682. The Labute approximate surface area is 207 Å². The third-order valence-electron chi connectivity index (χ3n) is 4.87. The molecule has 2 amide bonds. The number of nitrogens with two attached hydrogens (primary N) is 1. The predicted molar refractivity (Wildman–Crippen MR) is 132 cm³/mol. The highest BCUT2D eigenvalue weighted by atomic mass is 35.5. The second-order valence-corrected chi connectivity index (χ2v) is 9.24. The molecule has 0 radical (unpaired) electrons. The molecular formula is C23H28ClN7O4. The van der Waals surface area contributed by atoms with E-state index in [1.165, 1.54) is 17.0 Å².